The number of amides is 1. The molecule has 0 atom stereocenters. The Hall–Kier alpha value is -2.80. The van der Waals surface area contributed by atoms with Crippen LogP contribution in [0.2, 0.25) is 0 Å². The van der Waals surface area contributed by atoms with Crippen molar-refractivity contribution in [3.63, 3.8) is 0 Å². The first kappa shape index (κ1) is 18.6. The molecule has 0 radical (unpaired) electrons. The summed E-state index contributed by atoms with van der Waals surface area (Å²) in [6, 6.07) is 18.4. The van der Waals surface area contributed by atoms with E-state index in [9.17, 15) is 4.79 Å². The Morgan fingerprint density at radius 2 is 1.75 bits per heavy atom. The minimum atomic E-state index is 0.150. The third kappa shape index (κ3) is 4.20. The standard InChI is InChI=1S/C21H23N5OS/c1-17-6-5-9-19(14-17)24-10-12-25(13-11-24)20(27)15-28-21-23-22-16-26(21)18-7-3-2-4-8-18/h2-9,14,16H,10-13,15H2,1H3. The van der Waals surface area contributed by atoms with Crippen molar-refractivity contribution >= 4 is 23.4 Å². The summed E-state index contributed by atoms with van der Waals surface area (Å²) in [5.74, 6) is 0.521. The van der Waals surface area contributed by atoms with Gasteiger partial charge in [0.25, 0.3) is 0 Å². The van der Waals surface area contributed by atoms with Crippen LogP contribution in [-0.4, -0.2) is 57.5 Å². The first-order chi connectivity index (χ1) is 13.7. The molecule has 0 spiro atoms. The zero-order valence-electron chi connectivity index (χ0n) is 15.9. The molecule has 1 amide bonds. The van der Waals surface area contributed by atoms with Gasteiger partial charge in [0.2, 0.25) is 5.91 Å². The highest BCUT2D eigenvalue weighted by Gasteiger charge is 2.22. The molecule has 6 nitrogen and oxygen atoms in total. The maximum absolute atomic E-state index is 12.7. The second-order valence-corrected chi connectivity index (χ2v) is 7.76. The van der Waals surface area contributed by atoms with Gasteiger partial charge in [-0.1, -0.05) is 42.1 Å². The van der Waals surface area contributed by atoms with Crippen molar-refractivity contribution in [3.05, 3.63) is 66.5 Å². The van der Waals surface area contributed by atoms with Crippen LogP contribution in [0, 0.1) is 6.92 Å². The van der Waals surface area contributed by atoms with Gasteiger partial charge in [-0.3, -0.25) is 9.36 Å². The summed E-state index contributed by atoms with van der Waals surface area (Å²) < 4.78 is 1.91. The zero-order chi connectivity index (χ0) is 19.3. The van der Waals surface area contributed by atoms with Gasteiger partial charge in [-0.25, -0.2) is 0 Å². The number of piperazine rings is 1. The van der Waals surface area contributed by atoms with Crippen molar-refractivity contribution in [2.75, 3.05) is 36.8 Å². The van der Waals surface area contributed by atoms with Gasteiger partial charge in [0.1, 0.15) is 6.33 Å². The third-order valence-electron chi connectivity index (χ3n) is 4.87. The Morgan fingerprint density at radius 1 is 1.00 bits per heavy atom. The molecule has 2 heterocycles. The van der Waals surface area contributed by atoms with Gasteiger partial charge in [-0.15, -0.1) is 10.2 Å². The van der Waals surface area contributed by atoms with Crippen LogP contribution in [-0.2, 0) is 4.79 Å². The maximum Gasteiger partial charge on any atom is 0.233 e. The fourth-order valence-corrected chi connectivity index (χ4v) is 4.18. The van der Waals surface area contributed by atoms with Crippen molar-refractivity contribution in [1.29, 1.82) is 0 Å². The van der Waals surface area contributed by atoms with Crippen molar-refractivity contribution in [2.24, 2.45) is 0 Å². The first-order valence-electron chi connectivity index (χ1n) is 9.38. The highest BCUT2D eigenvalue weighted by atomic mass is 32.2. The van der Waals surface area contributed by atoms with Gasteiger partial charge in [0.05, 0.1) is 5.75 Å². The number of nitrogens with zero attached hydrogens (tertiary/aromatic N) is 5. The number of thioether (sulfide) groups is 1. The molecule has 1 fully saturated rings. The summed E-state index contributed by atoms with van der Waals surface area (Å²) in [6.45, 7) is 5.33. The molecule has 1 aliphatic rings. The molecule has 0 aliphatic carbocycles. The highest BCUT2D eigenvalue weighted by Crippen LogP contribution is 2.21. The van der Waals surface area contributed by atoms with E-state index in [-0.39, 0.29) is 5.91 Å². The molecule has 0 unspecified atom stereocenters. The van der Waals surface area contributed by atoms with E-state index in [1.807, 2.05) is 39.8 Å². The van der Waals surface area contributed by atoms with Crippen LogP contribution in [0.15, 0.2) is 66.1 Å². The molecule has 1 saturated heterocycles. The molecule has 1 aromatic heterocycles. The minimum absolute atomic E-state index is 0.150. The highest BCUT2D eigenvalue weighted by molar-refractivity contribution is 7.99. The number of hydrogen-bond acceptors (Lipinski definition) is 5. The van der Waals surface area contributed by atoms with E-state index >= 15 is 0 Å². The molecule has 0 N–H and O–H groups in total. The van der Waals surface area contributed by atoms with E-state index in [4.69, 9.17) is 0 Å². The van der Waals surface area contributed by atoms with Crippen LogP contribution in [0.5, 0.6) is 0 Å². The fraction of sp³-hybridized carbons (Fsp3) is 0.286. The predicted octanol–water partition coefficient (Wildman–Crippen LogP) is 3.02. The number of carbonyl (C=O) groups is 1. The minimum Gasteiger partial charge on any atom is -0.368 e. The lowest BCUT2D eigenvalue weighted by Gasteiger charge is -2.36. The monoisotopic (exact) mass is 393 g/mol. The number of hydrogen-bond donors (Lipinski definition) is 0. The van der Waals surface area contributed by atoms with Gasteiger partial charge in [0, 0.05) is 37.6 Å². The van der Waals surface area contributed by atoms with Crippen molar-refractivity contribution in [1.82, 2.24) is 19.7 Å². The van der Waals surface area contributed by atoms with E-state index in [1.165, 1.54) is 23.0 Å². The van der Waals surface area contributed by atoms with E-state index < -0.39 is 0 Å². The van der Waals surface area contributed by atoms with Crippen molar-refractivity contribution in [2.45, 2.75) is 12.1 Å². The summed E-state index contributed by atoms with van der Waals surface area (Å²) in [7, 11) is 0. The van der Waals surface area contributed by atoms with Crippen molar-refractivity contribution in [3.8, 4) is 5.69 Å². The molecular weight excluding hydrogens is 370 g/mol. The molecule has 0 bridgehead atoms. The SMILES string of the molecule is Cc1cccc(N2CCN(C(=O)CSc3nncn3-c3ccccc3)CC2)c1. The average Bonchev–Trinajstić information content (AvgIpc) is 3.21. The number of para-hydroxylation sites is 1. The smallest absolute Gasteiger partial charge is 0.233 e. The number of rotatable bonds is 5. The molecule has 2 aromatic carbocycles. The van der Waals surface area contributed by atoms with E-state index in [0.29, 0.717) is 5.75 Å². The molecule has 7 heteroatoms. The number of anilines is 1. The van der Waals surface area contributed by atoms with E-state index in [2.05, 4.69) is 46.3 Å². The summed E-state index contributed by atoms with van der Waals surface area (Å²) in [5.41, 5.74) is 3.49. The van der Waals surface area contributed by atoms with Gasteiger partial charge >= 0.3 is 0 Å². The number of aromatic nitrogens is 3. The average molecular weight is 394 g/mol. The normalized spacial score (nSPS) is 14.3. The number of carbonyl (C=O) groups excluding carboxylic acids is 1. The molecule has 28 heavy (non-hydrogen) atoms. The second-order valence-electron chi connectivity index (χ2n) is 6.81. The Morgan fingerprint density at radius 3 is 2.50 bits per heavy atom. The summed E-state index contributed by atoms with van der Waals surface area (Å²) >= 11 is 1.43. The van der Waals surface area contributed by atoms with Gasteiger partial charge in [0.15, 0.2) is 5.16 Å². The molecule has 144 valence electrons. The quantitative estimate of drug-likeness (QED) is 0.624. The van der Waals surface area contributed by atoms with Gasteiger partial charge < -0.3 is 9.80 Å². The topological polar surface area (TPSA) is 54.3 Å². The van der Waals surface area contributed by atoms with Crippen LogP contribution in [0.4, 0.5) is 5.69 Å². The third-order valence-corrected chi connectivity index (χ3v) is 5.80. The lowest BCUT2D eigenvalue weighted by molar-refractivity contribution is -0.128. The molecule has 3 aromatic rings. The maximum atomic E-state index is 12.7. The molecule has 0 saturated carbocycles. The number of benzene rings is 2. The lowest BCUT2D eigenvalue weighted by atomic mass is 10.2. The lowest BCUT2D eigenvalue weighted by Crippen LogP contribution is -2.49. The zero-order valence-corrected chi connectivity index (χ0v) is 16.7. The fourth-order valence-electron chi connectivity index (χ4n) is 3.34. The van der Waals surface area contributed by atoms with Crippen LogP contribution in [0.25, 0.3) is 5.69 Å². The Balaban J connectivity index is 1.32. The van der Waals surface area contributed by atoms with Crippen LogP contribution in [0.1, 0.15) is 5.56 Å². The van der Waals surface area contributed by atoms with Gasteiger partial charge in [-0.2, -0.15) is 0 Å². The predicted molar refractivity (Wildman–Crippen MR) is 112 cm³/mol. The Bertz CT molecular complexity index is 935. The van der Waals surface area contributed by atoms with Crippen LogP contribution >= 0.6 is 11.8 Å². The first-order valence-corrected chi connectivity index (χ1v) is 10.4. The van der Waals surface area contributed by atoms with Crippen molar-refractivity contribution < 1.29 is 4.79 Å². The molecule has 4 rings (SSSR count). The van der Waals surface area contributed by atoms with Crippen LogP contribution in [0.3, 0.4) is 0 Å². The van der Waals surface area contributed by atoms with Crippen LogP contribution < -0.4 is 4.90 Å². The molecular formula is C21H23N5OS. The largest absolute Gasteiger partial charge is 0.368 e. The Labute approximate surface area is 169 Å². The van der Waals surface area contributed by atoms with E-state index in [1.54, 1.807) is 6.33 Å². The van der Waals surface area contributed by atoms with Gasteiger partial charge in [-0.05, 0) is 36.8 Å². The van der Waals surface area contributed by atoms with E-state index in [0.717, 1.165) is 37.0 Å². The number of aryl methyl sites for hydroxylation is 1. The summed E-state index contributed by atoms with van der Waals surface area (Å²) in [4.78, 5) is 17.0. The second kappa shape index (κ2) is 8.48. The summed E-state index contributed by atoms with van der Waals surface area (Å²) in [5, 5.41) is 8.90. The molecule has 1 aliphatic heterocycles. The Kier molecular flexibility index (Phi) is 5.62. The summed E-state index contributed by atoms with van der Waals surface area (Å²) in [6.07, 6.45) is 1.68.